The van der Waals surface area contributed by atoms with Gasteiger partial charge in [-0.2, -0.15) is 0 Å². The van der Waals surface area contributed by atoms with Crippen LogP contribution < -0.4 is 4.90 Å². The predicted octanol–water partition coefficient (Wildman–Crippen LogP) is 4.56. The van der Waals surface area contributed by atoms with E-state index in [1.807, 2.05) is 0 Å². The summed E-state index contributed by atoms with van der Waals surface area (Å²) in [5.41, 5.74) is 4.89. The Kier molecular flexibility index (Phi) is 6.79. The average molecular weight is 379 g/mol. The summed E-state index contributed by atoms with van der Waals surface area (Å²) in [7, 11) is 2.25. The van der Waals surface area contributed by atoms with Gasteiger partial charge in [-0.3, -0.25) is 0 Å². The maximum absolute atomic E-state index is 2.65. The van der Waals surface area contributed by atoms with Crippen molar-refractivity contribution < 1.29 is 0 Å². The van der Waals surface area contributed by atoms with Crippen molar-refractivity contribution in [3.63, 3.8) is 0 Å². The molecule has 0 saturated carbocycles. The quantitative estimate of drug-likeness (QED) is 0.772. The second-order valence-corrected chi connectivity index (χ2v) is 7.23. The molecule has 2 heterocycles. The molecule has 4 heteroatoms. The molecule has 0 atom stereocenters. The summed E-state index contributed by atoms with van der Waals surface area (Å²) in [6.45, 7) is 4.85. The lowest BCUT2D eigenvalue weighted by Gasteiger charge is -2.40. The van der Waals surface area contributed by atoms with E-state index in [-0.39, 0.29) is 24.8 Å². The van der Waals surface area contributed by atoms with E-state index in [0.717, 1.165) is 0 Å². The molecule has 2 nitrogen and oxygen atoms in total. The number of hydrogen-bond acceptors (Lipinski definition) is 2. The first-order chi connectivity index (χ1) is 11.3. The summed E-state index contributed by atoms with van der Waals surface area (Å²) in [5, 5.41) is 0. The Bertz CT molecular complexity index is 667. The van der Waals surface area contributed by atoms with Crippen LogP contribution in [0.1, 0.15) is 24.0 Å². The normalized spacial score (nSPS) is 18.4. The second kappa shape index (κ2) is 8.44. The molecule has 0 unspecified atom stereocenters. The number of rotatable bonds is 3. The van der Waals surface area contributed by atoms with Crippen molar-refractivity contribution in [2.24, 2.45) is 0 Å². The molecule has 0 aromatic heterocycles. The Hall–Kier alpha value is -1.22. The zero-order chi connectivity index (χ0) is 15.7. The minimum atomic E-state index is 0. The van der Waals surface area contributed by atoms with E-state index in [1.165, 1.54) is 56.7 Å². The van der Waals surface area contributed by atoms with Crippen LogP contribution in [0, 0.1) is 0 Å². The molecule has 2 aliphatic rings. The fourth-order valence-corrected chi connectivity index (χ4v) is 4.44. The summed E-state index contributed by atoms with van der Waals surface area (Å²) in [6, 6.07) is 19.9. The summed E-state index contributed by atoms with van der Waals surface area (Å²) in [4.78, 5) is 5.11. The Labute approximate surface area is 164 Å². The minimum Gasteiger partial charge on any atom is -0.373 e. The molecule has 25 heavy (non-hydrogen) atoms. The number of nitrogens with zero attached hydrogens (tertiary/aromatic N) is 2. The summed E-state index contributed by atoms with van der Waals surface area (Å²) < 4.78 is 0. The summed E-state index contributed by atoms with van der Waals surface area (Å²) in [5.74, 6) is 0. The van der Waals surface area contributed by atoms with Gasteiger partial charge in [0.15, 0.2) is 0 Å². The smallest absolute Gasteiger partial charge is 0.0402 e. The van der Waals surface area contributed by atoms with E-state index < -0.39 is 0 Å². The van der Waals surface area contributed by atoms with E-state index in [2.05, 4.69) is 71.4 Å². The van der Waals surface area contributed by atoms with Gasteiger partial charge in [0.2, 0.25) is 0 Å². The summed E-state index contributed by atoms with van der Waals surface area (Å²) in [6.07, 6.45) is 3.76. The van der Waals surface area contributed by atoms with Crippen LogP contribution in [-0.2, 0) is 11.8 Å². The molecular formula is C21H28Cl2N2. The lowest BCUT2D eigenvalue weighted by molar-refractivity contribution is 0.168. The zero-order valence-corrected chi connectivity index (χ0v) is 16.5. The van der Waals surface area contributed by atoms with Gasteiger partial charge in [-0.1, -0.05) is 48.5 Å². The lowest BCUT2D eigenvalue weighted by Crippen LogP contribution is -2.45. The predicted molar refractivity (Wildman–Crippen MR) is 112 cm³/mol. The van der Waals surface area contributed by atoms with Crippen molar-refractivity contribution >= 4 is 30.5 Å². The van der Waals surface area contributed by atoms with Crippen molar-refractivity contribution in [3.8, 4) is 0 Å². The van der Waals surface area contributed by atoms with Gasteiger partial charge in [-0.15, -0.1) is 24.8 Å². The third-order valence-electron chi connectivity index (χ3n) is 5.80. The molecule has 0 amide bonds. The largest absolute Gasteiger partial charge is 0.373 e. The van der Waals surface area contributed by atoms with Crippen LogP contribution in [0.25, 0.3) is 0 Å². The standard InChI is InChI=1S/C21H26N2.2ClH/c1-22-17-21(19-9-5-6-10-20(19)22)12-15-23(16-13-21)14-11-18-7-3-2-4-8-18;;/h2-10H,11-17H2,1H3;2*1H. The molecule has 136 valence electrons. The van der Waals surface area contributed by atoms with Crippen LogP contribution in [0.2, 0.25) is 0 Å². The van der Waals surface area contributed by atoms with E-state index in [4.69, 9.17) is 0 Å². The Morgan fingerprint density at radius 2 is 1.52 bits per heavy atom. The topological polar surface area (TPSA) is 6.48 Å². The first kappa shape index (κ1) is 20.1. The number of piperidine rings is 1. The van der Waals surface area contributed by atoms with Crippen LogP contribution in [0.5, 0.6) is 0 Å². The Morgan fingerprint density at radius 1 is 0.880 bits per heavy atom. The fourth-order valence-electron chi connectivity index (χ4n) is 4.44. The highest BCUT2D eigenvalue weighted by molar-refractivity contribution is 5.85. The van der Waals surface area contributed by atoms with Crippen LogP contribution >= 0.6 is 24.8 Å². The van der Waals surface area contributed by atoms with E-state index >= 15 is 0 Å². The fraction of sp³-hybridized carbons (Fsp3) is 0.429. The minimum absolute atomic E-state index is 0. The van der Waals surface area contributed by atoms with Crippen LogP contribution in [-0.4, -0.2) is 38.1 Å². The van der Waals surface area contributed by atoms with Gasteiger partial charge in [0.1, 0.15) is 0 Å². The van der Waals surface area contributed by atoms with Gasteiger partial charge >= 0.3 is 0 Å². The first-order valence-electron chi connectivity index (χ1n) is 8.84. The second-order valence-electron chi connectivity index (χ2n) is 7.23. The molecule has 2 aromatic carbocycles. The SMILES string of the molecule is CN1CC2(CCN(CCc3ccccc3)CC2)c2ccccc21.Cl.Cl. The zero-order valence-electron chi connectivity index (χ0n) is 14.9. The van der Waals surface area contributed by atoms with Crippen molar-refractivity contribution in [2.75, 3.05) is 38.1 Å². The van der Waals surface area contributed by atoms with Crippen LogP contribution in [0.15, 0.2) is 54.6 Å². The monoisotopic (exact) mass is 378 g/mol. The van der Waals surface area contributed by atoms with Gasteiger partial charge < -0.3 is 9.80 Å². The molecule has 0 radical (unpaired) electrons. The molecule has 0 N–H and O–H groups in total. The number of anilines is 1. The van der Waals surface area contributed by atoms with Crippen molar-refractivity contribution in [1.29, 1.82) is 0 Å². The van der Waals surface area contributed by atoms with Gasteiger partial charge in [-0.25, -0.2) is 0 Å². The van der Waals surface area contributed by atoms with E-state index in [1.54, 1.807) is 5.56 Å². The maximum atomic E-state index is 2.65. The highest BCUT2D eigenvalue weighted by atomic mass is 35.5. The molecule has 1 fully saturated rings. The highest BCUT2D eigenvalue weighted by Gasteiger charge is 2.43. The van der Waals surface area contributed by atoms with Gasteiger partial charge in [-0.05, 0) is 49.5 Å². The number of halogens is 2. The van der Waals surface area contributed by atoms with E-state index in [0.29, 0.717) is 5.41 Å². The van der Waals surface area contributed by atoms with Gasteiger partial charge in [0, 0.05) is 31.2 Å². The average Bonchev–Trinajstić information content (AvgIpc) is 2.88. The highest BCUT2D eigenvalue weighted by Crippen LogP contribution is 2.46. The summed E-state index contributed by atoms with van der Waals surface area (Å²) >= 11 is 0. The number of benzene rings is 2. The van der Waals surface area contributed by atoms with Crippen LogP contribution in [0.3, 0.4) is 0 Å². The molecule has 1 spiro atoms. The molecule has 4 rings (SSSR count). The molecule has 2 aromatic rings. The number of likely N-dealkylation sites (tertiary alicyclic amines) is 1. The lowest BCUT2D eigenvalue weighted by atomic mass is 9.74. The molecule has 0 bridgehead atoms. The van der Waals surface area contributed by atoms with Crippen molar-refractivity contribution in [1.82, 2.24) is 4.90 Å². The number of hydrogen-bond donors (Lipinski definition) is 0. The van der Waals surface area contributed by atoms with Crippen molar-refractivity contribution in [2.45, 2.75) is 24.7 Å². The Morgan fingerprint density at radius 3 is 2.24 bits per heavy atom. The van der Waals surface area contributed by atoms with Gasteiger partial charge in [0.25, 0.3) is 0 Å². The number of para-hydroxylation sites is 1. The molecule has 2 aliphatic heterocycles. The Balaban J connectivity index is 0.00000113. The third-order valence-corrected chi connectivity index (χ3v) is 5.80. The molecule has 1 saturated heterocycles. The molecule has 0 aliphatic carbocycles. The molecular weight excluding hydrogens is 351 g/mol. The van der Waals surface area contributed by atoms with Gasteiger partial charge in [0.05, 0.1) is 0 Å². The van der Waals surface area contributed by atoms with E-state index in [9.17, 15) is 0 Å². The third kappa shape index (κ3) is 3.97. The van der Waals surface area contributed by atoms with Crippen LogP contribution in [0.4, 0.5) is 5.69 Å². The first-order valence-corrected chi connectivity index (χ1v) is 8.84. The number of fused-ring (bicyclic) bond motifs is 2. The maximum Gasteiger partial charge on any atom is 0.0402 e. The number of likely N-dealkylation sites (N-methyl/N-ethyl adjacent to an activating group) is 1. The van der Waals surface area contributed by atoms with Crippen molar-refractivity contribution in [3.05, 3.63) is 65.7 Å².